The van der Waals surface area contributed by atoms with Crippen LogP contribution in [0.25, 0.3) is 0 Å². The highest BCUT2D eigenvalue weighted by Gasteiger charge is 2.25. The Labute approximate surface area is 111 Å². The van der Waals surface area contributed by atoms with Gasteiger partial charge in [-0.2, -0.15) is 0 Å². The van der Waals surface area contributed by atoms with Crippen molar-refractivity contribution in [2.75, 3.05) is 6.54 Å². The monoisotopic (exact) mass is 265 g/mol. The molecular formula is C15H17F2NO. The van der Waals surface area contributed by atoms with Crippen molar-refractivity contribution in [3.8, 4) is 0 Å². The van der Waals surface area contributed by atoms with Crippen LogP contribution in [0.1, 0.15) is 36.3 Å². The number of hydrogen-bond donors (Lipinski definition) is 1. The number of aryl methyl sites for hydroxylation is 1. The maximum absolute atomic E-state index is 13.9. The second-order valence-corrected chi connectivity index (χ2v) is 4.49. The molecule has 1 aromatic heterocycles. The minimum Gasteiger partial charge on any atom is -0.467 e. The number of rotatable bonds is 5. The first kappa shape index (κ1) is 13.7. The van der Waals surface area contributed by atoms with Gasteiger partial charge in [0.1, 0.15) is 17.4 Å². The van der Waals surface area contributed by atoms with Gasteiger partial charge < -0.3 is 9.73 Å². The van der Waals surface area contributed by atoms with Crippen molar-refractivity contribution in [3.63, 3.8) is 0 Å². The fourth-order valence-corrected chi connectivity index (χ4v) is 2.08. The van der Waals surface area contributed by atoms with Crippen molar-refractivity contribution in [1.82, 2.24) is 5.32 Å². The summed E-state index contributed by atoms with van der Waals surface area (Å²) in [6.45, 7) is 4.51. The Morgan fingerprint density at radius 2 is 1.89 bits per heavy atom. The molecule has 0 aliphatic rings. The van der Waals surface area contributed by atoms with Crippen LogP contribution in [-0.2, 0) is 0 Å². The van der Waals surface area contributed by atoms with Crippen molar-refractivity contribution in [1.29, 1.82) is 0 Å². The van der Waals surface area contributed by atoms with Crippen LogP contribution in [0.3, 0.4) is 0 Å². The molecule has 0 saturated heterocycles. The van der Waals surface area contributed by atoms with E-state index in [9.17, 15) is 8.78 Å². The molecule has 1 atom stereocenters. The summed E-state index contributed by atoms with van der Waals surface area (Å²) < 4.78 is 33.3. The number of halogens is 2. The molecule has 0 fully saturated rings. The zero-order valence-electron chi connectivity index (χ0n) is 11.0. The molecule has 0 bridgehead atoms. The van der Waals surface area contributed by atoms with E-state index in [-0.39, 0.29) is 5.56 Å². The first-order valence-corrected chi connectivity index (χ1v) is 6.36. The third-order valence-electron chi connectivity index (χ3n) is 3.05. The number of furan rings is 1. The topological polar surface area (TPSA) is 25.2 Å². The lowest BCUT2D eigenvalue weighted by molar-refractivity contribution is 0.420. The summed E-state index contributed by atoms with van der Waals surface area (Å²) in [6, 6.07) is 5.07. The van der Waals surface area contributed by atoms with E-state index in [0.717, 1.165) is 12.0 Å². The molecule has 1 aromatic carbocycles. The Morgan fingerprint density at radius 3 is 2.42 bits per heavy atom. The molecular weight excluding hydrogens is 248 g/mol. The highest BCUT2D eigenvalue weighted by Crippen LogP contribution is 2.29. The number of benzene rings is 1. The largest absolute Gasteiger partial charge is 0.467 e. The molecule has 2 aromatic rings. The molecule has 2 rings (SSSR count). The first-order chi connectivity index (χ1) is 9.15. The van der Waals surface area contributed by atoms with Gasteiger partial charge in [-0.1, -0.05) is 13.0 Å². The lowest BCUT2D eigenvalue weighted by Gasteiger charge is -2.19. The van der Waals surface area contributed by atoms with Crippen molar-refractivity contribution in [2.45, 2.75) is 26.3 Å². The smallest absolute Gasteiger partial charge is 0.131 e. The van der Waals surface area contributed by atoms with Crippen LogP contribution < -0.4 is 5.32 Å². The second-order valence-electron chi connectivity index (χ2n) is 4.49. The molecule has 0 aliphatic carbocycles. The summed E-state index contributed by atoms with van der Waals surface area (Å²) in [4.78, 5) is 0. The van der Waals surface area contributed by atoms with Gasteiger partial charge in [-0.15, -0.1) is 0 Å². The zero-order valence-corrected chi connectivity index (χ0v) is 11.0. The fraction of sp³-hybridized carbons (Fsp3) is 0.333. The van der Waals surface area contributed by atoms with E-state index in [0.29, 0.717) is 12.3 Å². The third kappa shape index (κ3) is 2.84. The zero-order chi connectivity index (χ0) is 13.8. The van der Waals surface area contributed by atoms with E-state index in [1.165, 1.54) is 24.5 Å². The molecule has 0 radical (unpaired) electrons. The van der Waals surface area contributed by atoms with Crippen LogP contribution in [0, 0.1) is 18.6 Å². The third-order valence-corrected chi connectivity index (χ3v) is 3.05. The van der Waals surface area contributed by atoms with Gasteiger partial charge in [0, 0.05) is 5.56 Å². The van der Waals surface area contributed by atoms with Crippen molar-refractivity contribution < 1.29 is 13.2 Å². The van der Waals surface area contributed by atoms with Crippen LogP contribution in [0.2, 0.25) is 0 Å². The molecule has 0 saturated carbocycles. The van der Waals surface area contributed by atoms with E-state index in [1.807, 2.05) is 13.8 Å². The SMILES string of the molecule is CCCNC(c1occc1C)c1c(F)cccc1F. The lowest BCUT2D eigenvalue weighted by Crippen LogP contribution is -2.25. The lowest BCUT2D eigenvalue weighted by atomic mass is 10.0. The average Bonchev–Trinajstić information content (AvgIpc) is 2.79. The molecule has 19 heavy (non-hydrogen) atoms. The van der Waals surface area contributed by atoms with Crippen LogP contribution in [0.4, 0.5) is 8.78 Å². The van der Waals surface area contributed by atoms with Gasteiger partial charge in [-0.05, 0) is 43.7 Å². The van der Waals surface area contributed by atoms with Crippen LogP contribution in [-0.4, -0.2) is 6.54 Å². The average molecular weight is 265 g/mol. The van der Waals surface area contributed by atoms with E-state index in [4.69, 9.17) is 4.42 Å². The van der Waals surface area contributed by atoms with Gasteiger partial charge in [0.15, 0.2) is 0 Å². The van der Waals surface area contributed by atoms with Crippen molar-refractivity contribution in [2.24, 2.45) is 0 Å². The summed E-state index contributed by atoms with van der Waals surface area (Å²) >= 11 is 0. The van der Waals surface area contributed by atoms with Gasteiger partial charge in [0.2, 0.25) is 0 Å². The fourth-order valence-electron chi connectivity index (χ4n) is 2.08. The quantitative estimate of drug-likeness (QED) is 0.885. The second kappa shape index (κ2) is 5.97. The highest BCUT2D eigenvalue weighted by atomic mass is 19.1. The van der Waals surface area contributed by atoms with Crippen LogP contribution in [0.5, 0.6) is 0 Å². The standard InChI is InChI=1S/C15H17F2NO/c1-3-8-18-14(15-10(2)7-9-19-15)13-11(16)5-4-6-12(13)17/h4-7,9,14,18H,3,8H2,1-2H3. The predicted octanol–water partition coefficient (Wildman–Crippen LogP) is 3.96. The minimum atomic E-state index is -0.601. The summed E-state index contributed by atoms with van der Waals surface area (Å²) in [5.74, 6) is -0.578. The van der Waals surface area contributed by atoms with Crippen molar-refractivity contribution >= 4 is 0 Å². The van der Waals surface area contributed by atoms with Gasteiger partial charge in [0.05, 0.1) is 12.3 Å². The molecule has 1 unspecified atom stereocenters. The van der Waals surface area contributed by atoms with Gasteiger partial charge in [0.25, 0.3) is 0 Å². The summed E-state index contributed by atoms with van der Waals surface area (Å²) in [5.41, 5.74) is 0.880. The van der Waals surface area contributed by atoms with Gasteiger partial charge in [-0.3, -0.25) is 0 Å². The normalized spacial score (nSPS) is 12.6. The molecule has 102 valence electrons. The van der Waals surface area contributed by atoms with Gasteiger partial charge in [-0.25, -0.2) is 8.78 Å². The van der Waals surface area contributed by atoms with Crippen molar-refractivity contribution in [3.05, 3.63) is 59.1 Å². The maximum Gasteiger partial charge on any atom is 0.131 e. The summed E-state index contributed by atoms with van der Waals surface area (Å²) in [7, 11) is 0. The Morgan fingerprint density at radius 1 is 1.21 bits per heavy atom. The Balaban J connectivity index is 2.46. The highest BCUT2D eigenvalue weighted by molar-refractivity contribution is 5.32. The van der Waals surface area contributed by atoms with Crippen LogP contribution >= 0.6 is 0 Å². The van der Waals surface area contributed by atoms with Crippen LogP contribution in [0.15, 0.2) is 34.9 Å². The van der Waals surface area contributed by atoms with E-state index < -0.39 is 17.7 Å². The Bertz CT molecular complexity index is 531. The first-order valence-electron chi connectivity index (χ1n) is 6.36. The predicted molar refractivity (Wildman–Crippen MR) is 69.9 cm³/mol. The summed E-state index contributed by atoms with van der Waals surface area (Å²) in [5, 5.41) is 3.14. The Hall–Kier alpha value is -1.68. The Kier molecular flexibility index (Phi) is 4.32. The molecule has 0 spiro atoms. The summed E-state index contributed by atoms with van der Waals surface area (Å²) in [6.07, 6.45) is 2.40. The minimum absolute atomic E-state index is 0.00833. The molecule has 1 heterocycles. The van der Waals surface area contributed by atoms with E-state index in [2.05, 4.69) is 5.32 Å². The number of hydrogen-bond acceptors (Lipinski definition) is 2. The number of nitrogens with one attached hydrogen (secondary N) is 1. The van der Waals surface area contributed by atoms with E-state index >= 15 is 0 Å². The van der Waals surface area contributed by atoms with E-state index in [1.54, 1.807) is 6.07 Å². The maximum atomic E-state index is 13.9. The van der Waals surface area contributed by atoms with Gasteiger partial charge >= 0.3 is 0 Å². The molecule has 4 heteroatoms. The molecule has 1 N–H and O–H groups in total. The molecule has 0 amide bonds. The molecule has 0 aliphatic heterocycles. The molecule has 2 nitrogen and oxygen atoms in total.